The number of fused-ring (bicyclic) bond motifs is 1. The number of ether oxygens (including phenoxy) is 1. The Balaban J connectivity index is 1.55. The summed E-state index contributed by atoms with van der Waals surface area (Å²) in [4.78, 5) is 12.6. The highest BCUT2D eigenvalue weighted by Gasteiger charge is 2.30. The zero-order valence-corrected chi connectivity index (χ0v) is 17.4. The summed E-state index contributed by atoms with van der Waals surface area (Å²) >= 11 is 1.94. The Kier molecular flexibility index (Phi) is 6.92. The number of nitrogens with zero attached hydrogens (tertiary/aromatic N) is 1. The zero-order valence-electron chi connectivity index (χ0n) is 15.7. The van der Waals surface area contributed by atoms with Gasteiger partial charge in [-0.05, 0) is 25.0 Å². The quantitative estimate of drug-likeness (QED) is 0.727. The molecule has 1 saturated carbocycles. The summed E-state index contributed by atoms with van der Waals surface area (Å²) in [5.41, 5.74) is 0.489. The average molecular weight is 413 g/mol. The van der Waals surface area contributed by atoms with E-state index in [1.807, 2.05) is 11.8 Å². The lowest BCUT2D eigenvalue weighted by molar-refractivity contribution is -0.127. The van der Waals surface area contributed by atoms with E-state index in [9.17, 15) is 13.2 Å². The normalized spacial score (nSPS) is 21.1. The Bertz CT molecular complexity index is 748. The molecule has 27 heavy (non-hydrogen) atoms. The Hall–Kier alpha value is -1.41. The lowest BCUT2D eigenvalue weighted by Crippen LogP contribution is -2.40. The summed E-state index contributed by atoms with van der Waals surface area (Å²) in [5, 5.41) is 3.67. The molecule has 1 fully saturated rings. The molecule has 0 unspecified atom stereocenters. The van der Waals surface area contributed by atoms with Gasteiger partial charge in [0.1, 0.15) is 5.75 Å². The second-order valence-electron chi connectivity index (χ2n) is 7.12. The van der Waals surface area contributed by atoms with Crippen molar-refractivity contribution in [3.63, 3.8) is 0 Å². The molecule has 1 N–H and O–H groups in total. The van der Waals surface area contributed by atoms with E-state index in [0.29, 0.717) is 24.4 Å². The van der Waals surface area contributed by atoms with Gasteiger partial charge in [-0.25, -0.2) is 8.42 Å². The van der Waals surface area contributed by atoms with Crippen LogP contribution in [0.15, 0.2) is 24.3 Å². The zero-order chi connectivity index (χ0) is 19.3. The van der Waals surface area contributed by atoms with Crippen LogP contribution in [0.1, 0.15) is 38.5 Å². The van der Waals surface area contributed by atoms with Gasteiger partial charge in [0.2, 0.25) is 10.0 Å². The molecule has 1 aromatic carbocycles. The van der Waals surface area contributed by atoms with Crippen LogP contribution in [-0.2, 0) is 14.8 Å². The minimum atomic E-state index is -3.43. The molecular weight excluding hydrogens is 384 g/mol. The first-order chi connectivity index (χ1) is 12.9. The molecule has 2 aliphatic rings. The van der Waals surface area contributed by atoms with E-state index in [4.69, 9.17) is 4.74 Å². The van der Waals surface area contributed by atoms with Gasteiger partial charge in [0.15, 0.2) is 6.10 Å². The first kappa shape index (κ1) is 20.3. The van der Waals surface area contributed by atoms with E-state index >= 15 is 0 Å². The van der Waals surface area contributed by atoms with Gasteiger partial charge in [-0.1, -0.05) is 31.4 Å². The highest BCUT2D eigenvalue weighted by Crippen LogP contribution is 2.33. The van der Waals surface area contributed by atoms with Crippen LogP contribution in [0.3, 0.4) is 0 Å². The first-order valence-corrected chi connectivity index (χ1v) is 12.5. The van der Waals surface area contributed by atoms with Gasteiger partial charge in [-0.15, -0.1) is 0 Å². The van der Waals surface area contributed by atoms with Crippen molar-refractivity contribution < 1.29 is 17.9 Å². The minimum absolute atomic E-state index is 0.176. The molecular formula is C19H28N2O4S2. The van der Waals surface area contributed by atoms with Gasteiger partial charge < -0.3 is 10.1 Å². The van der Waals surface area contributed by atoms with Crippen LogP contribution in [0.4, 0.5) is 5.69 Å². The van der Waals surface area contributed by atoms with Crippen LogP contribution in [0, 0.1) is 0 Å². The minimum Gasteiger partial charge on any atom is -0.478 e. The van der Waals surface area contributed by atoms with E-state index in [2.05, 4.69) is 5.32 Å². The highest BCUT2D eigenvalue weighted by atomic mass is 32.2. The van der Waals surface area contributed by atoms with E-state index < -0.39 is 16.1 Å². The van der Waals surface area contributed by atoms with Crippen LogP contribution < -0.4 is 14.4 Å². The lowest BCUT2D eigenvalue weighted by Gasteiger charge is -2.21. The molecule has 1 amide bonds. The summed E-state index contributed by atoms with van der Waals surface area (Å²) in [5.74, 6) is 1.15. The van der Waals surface area contributed by atoms with Gasteiger partial charge in [-0.3, -0.25) is 9.10 Å². The maximum absolute atomic E-state index is 12.6. The molecule has 0 aromatic heterocycles. The number of amides is 1. The number of thioether (sulfide) groups is 1. The monoisotopic (exact) mass is 412 g/mol. The van der Waals surface area contributed by atoms with Crippen LogP contribution >= 0.6 is 11.8 Å². The number of hydrogen-bond acceptors (Lipinski definition) is 5. The van der Waals surface area contributed by atoms with E-state index in [1.54, 1.807) is 24.3 Å². The maximum atomic E-state index is 12.6. The number of carbonyl (C=O) groups excluding carboxylic acids is 1. The number of sulfonamides is 1. The molecule has 1 heterocycles. The second-order valence-corrected chi connectivity index (χ2v) is 10.4. The third-order valence-electron chi connectivity index (χ3n) is 5.00. The van der Waals surface area contributed by atoms with Crippen molar-refractivity contribution in [3.8, 4) is 5.75 Å². The van der Waals surface area contributed by atoms with Crippen molar-refractivity contribution in [3.05, 3.63) is 24.3 Å². The Morgan fingerprint density at radius 2 is 1.96 bits per heavy atom. The molecule has 0 spiro atoms. The van der Waals surface area contributed by atoms with Crippen LogP contribution in [0.2, 0.25) is 0 Å². The number of para-hydroxylation sites is 2. The average Bonchev–Trinajstić information content (AvgIpc) is 2.85. The van der Waals surface area contributed by atoms with Gasteiger partial charge in [0.25, 0.3) is 5.91 Å². The molecule has 1 aromatic rings. The van der Waals surface area contributed by atoms with E-state index in [0.717, 1.165) is 11.0 Å². The predicted molar refractivity (Wildman–Crippen MR) is 110 cm³/mol. The first-order valence-electron chi connectivity index (χ1n) is 9.58. The van der Waals surface area contributed by atoms with Crippen LogP contribution in [-0.4, -0.2) is 50.8 Å². The van der Waals surface area contributed by atoms with Crippen molar-refractivity contribution in [1.29, 1.82) is 0 Å². The highest BCUT2D eigenvalue weighted by molar-refractivity contribution is 7.99. The molecule has 1 aliphatic carbocycles. The molecule has 1 aliphatic heterocycles. The van der Waals surface area contributed by atoms with Gasteiger partial charge in [-0.2, -0.15) is 11.8 Å². The maximum Gasteiger partial charge on any atom is 0.261 e. The summed E-state index contributed by atoms with van der Waals surface area (Å²) in [7, 11) is -3.43. The fourth-order valence-corrected chi connectivity index (χ4v) is 5.77. The van der Waals surface area contributed by atoms with Gasteiger partial charge >= 0.3 is 0 Å². The Labute approximate surface area is 166 Å². The van der Waals surface area contributed by atoms with Crippen molar-refractivity contribution in [2.45, 2.75) is 49.9 Å². The second kappa shape index (κ2) is 9.19. The molecule has 6 nitrogen and oxygen atoms in total. The number of nitrogens with one attached hydrogen (secondary N) is 1. The Morgan fingerprint density at radius 1 is 1.22 bits per heavy atom. The summed E-state index contributed by atoms with van der Waals surface area (Å²) in [6.07, 6.45) is 7.35. The number of benzene rings is 1. The topological polar surface area (TPSA) is 75.7 Å². The summed E-state index contributed by atoms with van der Waals surface area (Å²) in [6.45, 7) is 0.835. The number of hydrogen-bond donors (Lipinski definition) is 1. The Morgan fingerprint density at radius 3 is 2.70 bits per heavy atom. The molecule has 0 saturated heterocycles. The standard InChI is InChI=1S/C19H28N2O4S2/c1-27(23,24)21-13-11-18(25-17-10-6-5-9-16(17)21)19(22)20-12-14-26-15-7-3-2-4-8-15/h5-6,9-10,15,18H,2-4,7-8,11-14H2,1H3,(H,20,22)/t18-/m0/s1. The molecule has 150 valence electrons. The third-order valence-corrected chi connectivity index (χ3v) is 7.56. The molecule has 0 radical (unpaired) electrons. The van der Waals surface area contributed by atoms with Crippen LogP contribution in [0.25, 0.3) is 0 Å². The predicted octanol–water partition coefficient (Wildman–Crippen LogP) is 2.79. The molecule has 3 rings (SSSR count). The van der Waals surface area contributed by atoms with Crippen molar-refractivity contribution in [2.24, 2.45) is 0 Å². The molecule has 0 bridgehead atoms. The summed E-state index contributed by atoms with van der Waals surface area (Å²) in [6, 6.07) is 6.96. The summed E-state index contributed by atoms with van der Waals surface area (Å²) < 4.78 is 31.4. The van der Waals surface area contributed by atoms with Gasteiger partial charge in [0, 0.05) is 30.5 Å². The van der Waals surface area contributed by atoms with Crippen molar-refractivity contribution >= 4 is 33.4 Å². The van der Waals surface area contributed by atoms with Crippen molar-refractivity contribution in [2.75, 3.05) is 29.4 Å². The third kappa shape index (κ3) is 5.54. The fourth-order valence-electron chi connectivity index (χ4n) is 3.60. The van der Waals surface area contributed by atoms with Gasteiger partial charge in [0.05, 0.1) is 11.9 Å². The largest absolute Gasteiger partial charge is 0.478 e. The van der Waals surface area contributed by atoms with E-state index in [1.165, 1.54) is 42.7 Å². The SMILES string of the molecule is CS(=O)(=O)N1CC[C@@H](C(=O)NCCSC2CCCCC2)Oc2ccccc21. The smallest absolute Gasteiger partial charge is 0.261 e. The number of carbonyl (C=O) groups is 1. The fraction of sp³-hybridized carbons (Fsp3) is 0.632. The lowest BCUT2D eigenvalue weighted by atomic mass is 10.0. The number of rotatable bonds is 6. The molecule has 1 atom stereocenters. The van der Waals surface area contributed by atoms with Crippen molar-refractivity contribution in [1.82, 2.24) is 5.32 Å². The number of anilines is 1. The van der Waals surface area contributed by atoms with E-state index in [-0.39, 0.29) is 12.5 Å². The molecule has 8 heteroatoms. The van der Waals surface area contributed by atoms with Crippen LogP contribution in [0.5, 0.6) is 5.75 Å².